The lowest BCUT2D eigenvalue weighted by atomic mass is 10.0. The number of nitrogens with zero attached hydrogens (tertiary/aromatic N) is 3. The van der Waals surface area contributed by atoms with Crippen molar-refractivity contribution in [1.29, 1.82) is 0 Å². The average molecular weight is 521 g/mol. The van der Waals surface area contributed by atoms with Gasteiger partial charge in [0.1, 0.15) is 17.0 Å². The highest BCUT2D eigenvalue weighted by Gasteiger charge is 2.22. The van der Waals surface area contributed by atoms with Gasteiger partial charge in [-0.1, -0.05) is 31.2 Å². The first-order valence-electron chi connectivity index (χ1n) is 13.1. The Balaban J connectivity index is 1.45. The molecule has 1 aromatic carbocycles. The Bertz CT molecular complexity index is 1370. The van der Waals surface area contributed by atoms with Crippen molar-refractivity contribution in [1.82, 2.24) is 25.1 Å². The van der Waals surface area contributed by atoms with E-state index in [-0.39, 0.29) is 17.2 Å². The molecule has 2 aromatic heterocycles. The normalized spacial score (nSPS) is 16.0. The molecule has 0 bridgehead atoms. The summed E-state index contributed by atoms with van der Waals surface area (Å²) in [6.45, 7) is 8.86. The zero-order valence-corrected chi connectivity index (χ0v) is 22.3. The van der Waals surface area contributed by atoms with Gasteiger partial charge in [-0.3, -0.25) is 19.3 Å². The van der Waals surface area contributed by atoms with Crippen molar-refractivity contribution in [3.8, 4) is 11.3 Å². The summed E-state index contributed by atoms with van der Waals surface area (Å²) in [5.41, 5.74) is 8.54. The van der Waals surface area contributed by atoms with E-state index in [0.717, 1.165) is 37.4 Å². The number of ketones is 1. The molecule has 38 heavy (non-hydrogen) atoms. The number of nitrogens with two attached hydrogens (primary N) is 1. The Hall–Kier alpha value is -3.60. The molecule has 1 aliphatic rings. The molecule has 3 heterocycles. The lowest BCUT2D eigenvalue weighted by Crippen LogP contribution is -2.50. The molecule has 0 saturated carbocycles. The number of ether oxygens (including phenoxy) is 1. The first kappa shape index (κ1) is 27.4. The van der Waals surface area contributed by atoms with Crippen LogP contribution in [0.1, 0.15) is 29.8 Å². The van der Waals surface area contributed by atoms with E-state index in [1.807, 2.05) is 31.2 Å². The fraction of sp³-hybridized carbons (Fsp3) is 0.429. The van der Waals surface area contributed by atoms with Crippen LogP contribution < -0.4 is 21.8 Å². The van der Waals surface area contributed by atoms with Crippen LogP contribution >= 0.6 is 0 Å². The number of morpholine rings is 1. The van der Waals surface area contributed by atoms with E-state index < -0.39 is 11.3 Å². The number of carbonyl (C=O) groups is 2. The number of carbonyl (C=O) groups excluding carboxylic acids is 2. The Morgan fingerprint density at radius 1 is 1.13 bits per heavy atom. The minimum absolute atomic E-state index is 0.0744. The minimum Gasteiger partial charge on any atom is -0.384 e. The number of likely N-dealkylation sites (N-methyl/N-ethyl adjacent to an activating group) is 1. The molecule has 4 rings (SSSR count). The summed E-state index contributed by atoms with van der Waals surface area (Å²) in [7, 11) is 1.46. The van der Waals surface area contributed by atoms with Crippen LogP contribution in [0.15, 0.2) is 41.2 Å². The molecule has 1 atom stereocenters. The van der Waals surface area contributed by atoms with Crippen molar-refractivity contribution < 1.29 is 14.3 Å². The smallest absolute Gasteiger partial charge is 0.258 e. The Morgan fingerprint density at radius 3 is 2.58 bits per heavy atom. The van der Waals surface area contributed by atoms with Gasteiger partial charge in [0, 0.05) is 44.7 Å². The largest absolute Gasteiger partial charge is 0.384 e. The van der Waals surface area contributed by atoms with Crippen molar-refractivity contribution in [2.24, 2.45) is 0 Å². The average Bonchev–Trinajstić information content (AvgIpc) is 2.93. The zero-order valence-electron chi connectivity index (χ0n) is 22.3. The van der Waals surface area contributed by atoms with Gasteiger partial charge in [-0.2, -0.15) is 0 Å². The fourth-order valence-electron chi connectivity index (χ4n) is 4.91. The van der Waals surface area contributed by atoms with Gasteiger partial charge in [0.05, 0.1) is 30.8 Å². The summed E-state index contributed by atoms with van der Waals surface area (Å²) in [6.07, 6.45) is 0.339. The van der Waals surface area contributed by atoms with Crippen molar-refractivity contribution in [3.63, 3.8) is 0 Å². The first-order valence-corrected chi connectivity index (χ1v) is 13.1. The Labute approximate surface area is 222 Å². The number of Topliss-reactive ketones (excluding diaryl/α,β-unsaturated/α-hetero) is 1. The van der Waals surface area contributed by atoms with E-state index in [1.54, 1.807) is 16.7 Å². The Morgan fingerprint density at radius 2 is 1.89 bits per heavy atom. The predicted molar refractivity (Wildman–Crippen MR) is 148 cm³/mol. The number of benzene rings is 1. The second-order valence-electron chi connectivity index (χ2n) is 9.38. The number of anilines is 1. The molecule has 0 aliphatic carbocycles. The quantitative estimate of drug-likeness (QED) is 0.366. The summed E-state index contributed by atoms with van der Waals surface area (Å²) in [4.78, 5) is 44.9. The van der Waals surface area contributed by atoms with Crippen molar-refractivity contribution in [2.45, 2.75) is 32.9 Å². The number of aryl methyl sites for hydroxylation is 1. The second-order valence-corrected chi connectivity index (χ2v) is 9.38. The summed E-state index contributed by atoms with van der Waals surface area (Å²) < 4.78 is 7.24. The summed E-state index contributed by atoms with van der Waals surface area (Å²) in [5.74, 6) is -0.308. The number of amides is 1. The highest BCUT2D eigenvalue weighted by molar-refractivity contribution is 6.01. The van der Waals surface area contributed by atoms with Crippen LogP contribution in [0.3, 0.4) is 0 Å². The monoisotopic (exact) mass is 520 g/mol. The molecule has 1 amide bonds. The highest BCUT2D eigenvalue weighted by atomic mass is 16.5. The van der Waals surface area contributed by atoms with Crippen LogP contribution in [0, 0.1) is 0 Å². The lowest BCUT2D eigenvalue weighted by molar-refractivity contribution is -0.117. The van der Waals surface area contributed by atoms with E-state index in [2.05, 4.69) is 22.5 Å². The molecular weight excluding hydrogens is 484 g/mol. The van der Waals surface area contributed by atoms with E-state index in [4.69, 9.17) is 15.5 Å². The van der Waals surface area contributed by atoms with Gasteiger partial charge in [-0.05, 0) is 31.2 Å². The molecule has 10 nitrogen and oxygen atoms in total. The number of aromatic nitrogens is 2. The number of rotatable bonds is 10. The molecule has 0 spiro atoms. The topological polar surface area (TPSA) is 132 Å². The number of fused-ring (bicyclic) bond motifs is 1. The van der Waals surface area contributed by atoms with Crippen LogP contribution in [-0.4, -0.2) is 78.6 Å². The molecule has 1 aliphatic heterocycles. The zero-order chi connectivity index (χ0) is 27.2. The minimum atomic E-state index is -0.521. The lowest BCUT2D eigenvalue weighted by Gasteiger charge is -2.34. The number of nitrogen functional groups attached to an aromatic ring is 1. The van der Waals surface area contributed by atoms with Gasteiger partial charge in [-0.15, -0.1) is 0 Å². The third kappa shape index (κ3) is 5.77. The number of hydrogen-bond acceptors (Lipinski definition) is 8. The SMILES string of the molecule is CCN1CCOCC1CNCC(=O)Cc1ccc(-c2ccc3c(=O)c(C(=O)NC)c(N)n(CC)c3n2)cc1. The number of nitrogens with one attached hydrogen (secondary N) is 2. The summed E-state index contributed by atoms with van der Waals surface area (Å²) in [6, 6.07) is 11.4. The maximum atomic E-state index is 13.0. The van der Waals surface area contributed by atoms with Crippen LogP contribution in [0.2, 0.25) is 0 Å². The van der Waals surface area contributed by atoms with E-state index >= 15 is 0 Å². The third-order valence-corrected chi connectivity index (χ3v) is 7.03. The molecule has 3 aromatic rings. The number of hydrogen-bond donors (Lipinski definition) is 3. The summed E-state index contributed by atoms with van der Waals surface area (Å²) >= 11 is 0. The van der Waals surface area contributed by atoms with E-state index in [9.17, 15) is 14.4 Å². The van der Waals surface area contributed by atoms with Gasteiger partial charge in [0.2, 0.25) is 5.43 Å². The summed E-state index contributed by atoms with van der Waals surface area (Å²) in [5, 5.41) is 6.09. The van der Waals surface area contributed by atoms with Crippen molar-refractivity contribution in [3.05, 3.63) is 57.7 Å². The van der Waals surface area contributed by atoms with Gasteiger partial charge < -0.3 is 25.7 Å². The van der Waals surface area contributed by atoms with Gasteiger partial charge in [0.15, 0.2) is 5.78 Å². The molecular formula is C28H36N6O4. The highest BCUT2D eigenvalue weighted by Crippen LogP contribution is 2.23. The maximum Gasteiger partial charge on any atom is 0.258 e. The molecule has 1 saturated heterocycles. The predicted octanol–water partition coefficient (Wildman–Crippen LogP) is 1.45. The van der Waals surface area contributed by atoms with Crippen LogP contribution in [0.5, 0.6) is 0 Å². The first-order chi connectivity index (χ1) is 18.4. The van der Waals surface area contributed by atoms with E-state index in [0.29, 0.717) is 48.9 Å². The van der Waals surface area contributed by atoms with Gasteiger partial charge in [-0.25, -0.2) is 4.98 Å². The van der Waals surface area contributed by atoms with Crippen LogP contribution in [-0.2, 0) is 22.5 Å². The molecule has 4 N–H and O–H groups in total. The van der Waals surface area contributed by atoms with Gasteiger partial charge >= 0.3 is 0 Å². The van der Waals surface area contributed by atoms with Crippen LogP contribution in [0.25, 0.3) is 22.3 Å². The maximum absolute atomic E-state index is 13.0. The van der Waals surface area contributed by atoms with Crippen molar-refractivity contribution in [2.75, 3.05) is 52.2 Å². The Kier molecular flexibility index (Phi) is 8.88. The third-order valence-electron chi connectivity index (χ3n) is 7.03. The molecule has 1 fully saturated rings. The molecule has 1 unspecified atom stereocenters. The molecule has 0 radical (unpaired) electrons. The number of pyridine rings is 2. The molecule has 202 valence electrons. The second kappa shape index (κ2) is 12.3. The van der Waals surface area contributed by atoms with Crippen molar-refractivity contribution >= 4 is 28.5 Å². The fourth-order valence-corrected chi connectivity index (χ4v) is 4.91. The molecule has 10 heteroatoms. The van der Waals surface area contributed by atoms with Crippen LogP contribution in [0.4, 0.5) is 5.82 Å². The standard InChI is InChI=1S/C28H36N6O4/c1-4-33-12-13-38-17-20(33)15-31-16-21(35)14-18-6-8-19(9-7-18)23-11-10-22-25(36)24(28(37)30-3)26(29)34(5-2)27(22)32-23/h6-11,20,31H,4-5,12-17,29H2,1-3H3,(H,30,37). The van der Waals surface area contributed by atoms with Gasteiger partial charge in [0.25, 0.3) is 5.91 Å². The van der Waals surface area contributed by atoms with E-state index in [1.165, 1.54) is 7.05 Å².